The fourth-order valence-electron chi connectivity index (χ4n) is 1.59. The number of rotatable bonds is 4. The van der Waals surface area contributed by atoms with Gasteiger partial charge in [0.1, 0.15) is 24.1 Å². The average Bonchev–Trinajstić information content (AvgIpc) is 2.45. The maximum absolute atomic E-state index is 11.2. The van der Waals surface area contributed by atoms with Gasteiger partial charge in [0.25, 0.3) is 0 Å². The zero-order chi connectivity index (χ0) is 15.5. The summed E-state index contributed by atoms with van der Waals surface area (Å²) in [5, 5.41) is 14.0. The summed E-state index contributed by atoms with van der Waals surface area (Å²) in [6.07, 6.45) is 1.53. The van der Waals surface area contributed by atoms with Crippen LogP contribution in [0.5, 0.6) is 5.75 Å². The molecule has 2 aromatic rings. The molecule has 0 atom stereocenters. The molecule has 8 heteroatoms. The van der Waals surface area contributed by atoms with Crippen LogP contribution in [0.2, 0.25) is 0 Å². The third-order valence-electron chi connectivity index (χ3n) is 2.61. The Morgan fingerprint density at radius 3 is 2.76 bits per heavy atom. The predicted molar refractivity (Wildman–Crippen MR) is 78.8 cm³/mol. The number of sulfonamides is 1. The topological polar surface area (TPSA) is 106 Å². The highest BCUT2D eigenvalue weighted by Crippen LogP contribution is 2.28. The standard InChI is InChI=1S/C13H10BrN3O3S/c14-11-6-10(21(16,18)19)3-4-13(11)20-8-9-2-1-5-17-12(9)7-15/h1-6H,8H2,(H2,16,18,19). The molecular weight excluding hydrogens is 358 g/mol. The van der Waals surface area contributed by atoms with Crippen molar-refractivity contribution in [2.75, 3.05) is 0 Å². The van der Waals surface area contributed by atoms with Crippen molar-refractivity contribution in [3.8, 4) is 11.8 Å². The lowest BCUT2D eigenvalue weighted by Crippen LogP contribution is -2.12. The van der Waals surface area contributed by atoms with Crippen molar-refractivity contribution < 1.29 is 13.2 Å². The third-order valence-corrected chi connectivity index (χ3v) is 4.14. The van der Waals surface area contributed by atoms with Gasteiger partial charge in [-0.1, -0.05) is 6.07 Å². The molecule has 0 spiro atoms. The minimum absolute atomic E-state index is 0.0131. The molecule has 108 valence electrons. The number of nitrogens with two attached hydrogens (primary N) is 1. The van der Waals surface area contributed by atoms with Crippen molar-refractivity contribution in [1.29, 1.82) is 5.26 Å². The molecule has 6 nitrogen and oxygen atoms in total. The van der Waals surface area contributed by atoms with Crippen molar-refractivity contribution >= 4 is 26.0 Å². The summed E-state index contributed by atoms with van der Waals surface area (Å²) in [6, 6.07) is 9.62. The molecule has 0 aliphatic carbocycles. The first-order valence-corrected chi connectivity index (χ1v) is 8.05. The van der Waals surface area contributed by atoms with Crippen molar-refractivity contribution in [2.24, 2.45) is 5.14 Å². The first kappa shape index (κ1) is 15.4. The molecule has 1 aromatic heterocycles. The van der Waals surface area contributed by atoms with Crippen LogP contribution in [-0.2, 0) is 16.6 Å². The SMILES string of the molecule is N#Cc1ncccc1COc1ccc(S(N)(=O)=O)cc1Br. The van der Waals surface area contributed by atoms with E-state index in [1.165, 1.54) is 24.4 Å². The number of hydrogen-bond acceptors (Lipinski definition) is 5. The Bertz CT molecular complexity index is 816. The fraction of sp³-hybridized carbons (Fsp3) is 0.0769. The lowest BCUT2D eigenvalue weighted by molar-refractivity contribution is 0.303. The highest BCUT2D eigenvalue weighted by atomic mass is 79.9. The molecule has 0 saturated carbocycles. The minimum Gasteiger partial charge on any atom is -0.488 e. The molecule has 0 saturated heterocycles. The number of ether oxygens (including phenoxy) is 1. The maximum Gasteiger partial charge on any atom is 0.238 e. The van der Waals surface area contributed by atoms with Gasteiger partial charge < -0.3 is 4.74 Å². The number of nitrogens with zero attached hydrogens (tertiary/aromatic N) is 2. The molecule has 0 aliphatic heterocycles. The second-order valence-corrected chi connectivity index (χ2v) is 6.46. The number of aromatic nitrogens is 1. The van der Waals surface area contributed by atoms with Crippen LogP contribution in [0.3, 0.4) is 0 Å². The van der Waals surface area contributed by atoms with Gasteiger partial charge in [0.15, 0.2) is 0 Å². The average molecular weight is 368 g/mol. The molecule has 0 bridgehead atoms. The Labute approximate surface area is 130 Å². The van der Waals surface area contributed by atoms with Crippen molar-refractivity contribution in [3.05, 3.63) is 52.3 Å². The van der Waals surface area contributed by atoms with Gasteiger partial charge in [-0.2, -0.15) is 5.26 Å². The summed E-state index contributed by atoms with van der Waals surface area (Å²) in [6.45, 7) is 0.143. The number of pyridine rings is 1. The van der Waals surface area contributed by atoms with Gasteiger partial charge >= 0.3 is 0 Å². The maximum atomic E-state index is 11.2. The van der Waals surface area contributed by atoms with Gasteiger partial charge in [0.05, 0.1) is 9.37 Å². The first-order valence-electron chi connectivity index (χ1n) is 5.71. The molecule has 2 N–H and O–H groups in total. The van der Waals surface area contributed by atoms with Crippen LogP contribution in [-0.4, -0.2) is 13.4 Å². The second-order valence-electron chi connectivity index (χ2n) is 4.05. The molecule has 0 radical (unpaired) electrons. The fourth-order valence-corrected chi connectivity index (χ4v) is 2.77. The molecule has 0 aliphatic rings. The summed E-state index contributed by atoms with van der Waals surface area (Å²) in [5.41, 5.74) is 0.928. The normalized spacial score (nSPS) is 10.9. The summed E-state index contributed by atoms with van der Waals surface area (Å²) < 4.78 is 28.5. The second kappa shape index (κ2) is 6.22. The van der Waals surface area contributed by atoms with E-state index in [2.05, 4.69) is 20.9 Å². The number of hydrogen-bond donors (Lipinski definition) is 1. The third kappa shape index (κ3) is 3.78. The molecular formula is C13H10BrN3O3S. The van der Waals surface area contributed by atoms with Crippen LogP contribution in [0.1, 0.15) is 11.3 Å². The van der Waals surface area contributed by atoms with E-state index < -0.39 is 10.0 Å². The monoisotopic (exact) mass is 367 g/mol. The number of primary sulfonamides is 1. The quantitative estimate of drug-likeness (QED) is 0.888. The molecule has 1 heterocycles. The van der Waals surface area contributed by atoms with Gasteiger partial charge in [-0.15, -0.1) is 0 Å². The molecule has 1 aromatic carbocycles. The van der Waals surface area contributed by atoms with E-state index in [0.29, 0.717) is 15.8 Å². The summed E-state index contributed by atoms with van der Waals surface area (Å²) >= 11 is 3.22. The van der Waals surface area contributed by atoms with Gasteiger partial charge in [-0.25, -0.2) is 18.5 Å². The smallest absolute Gasteiger partial charge is 0.238 e. The Hall–Kier alpha value is -1.95. The molecule has 0 amide bonds. The molecule has 2 rings (SSSR count). The summed E-state index contributed by atoms with van der Waals surface area (Å²) in [4.78, 5) is 3.92. The van der Waals surface area contributed by atoms with Crippen LogP contribution in [0, 0.1) is 11.3 Å². The Balaban J connectivity index is 2.20. The Morgan fingerprint density at radius 1 is 1.38 bits per heavy atom. The van der Waals surface area contributed by atoms with E-state index in [1.807, 2.05) is 6.07 Å². The predicted octanol–water partition coefficient (Wildman–Crippen LogP) is 1.94. The van der Waals surface area contributed by atoms with Gasteiger partial charge in [-0.05, 0) is 40.2 Å². The van der Waals surface area contributed by atoms with Gasteiger partial charge in [0, 0.05) is 11.8 Å². The summed E-state index contributed by atoms with van der Waals surface area (Å²) in [5.74, 6) is 0.440. The van der Waals surface area contributed by atoms with Crippen molar-refractivity contribution in [2.45, 2.75) is 11.5 Å². The molecule has 0 unspecified atom stereocenters. The van der Waals surface area contributed by atoms with Crippen molar-refractivity contribution in [1.82, 2.24) is 4.98 Å². The van der Waals surface area contributed by atoms with Crippen LogP contribution >= 0.6 is 15.9 Å². The van der Waals surface area contributed by atoms with E-state index in [1.54, 1.807) is 12.1 Å². The lowest BCUT2D eigenvalue weighted by atomic mass is 10.2. The number of benzene rings is 1. The minimum atomic E-state index is -3.76. The van der Waals surface area contributed by atoms with E-state index in [4.69, 9.17) is 15.1 Å². The molecule has 0 fully saturated rings. The van der Waals surface area contributed by atoms with E-state index >= 15 is 0 Å². The van der Waals surface area contributed by atoms with Crippen LogP contribution < -0.4 is 9.88 Å². The largest absolute Gasteiger partial charge is 0.488 e. The van der Waals surface area contributed by atoms with Gasteiger partial charge in [0.2, 0.25) is 10.0 Å². The summed E-state index contributed by atoms with van der Waals surface area (Å²) in [7, 11) is -3.76. The highest BCUT2D eigenvalue weighted by Gasteiger charge is 2.11. The van der Waals surface area contributed by atoms with Crippen LogP contribution in [0.4, 0.5) is 0 Å². The first-order chi connectivity index (χ1) is 9.91. The Kier molecular flexibility index (Phi) is 4.57. The Morgan fingerprint density at radius 2 is 2.14 bits per heavy atom. The zero-order valence-corrected chi connectivity index (χ0v) is 13.1. The van der Waals surface area contributed by atoms with Crippen molar-refractivity contribution in [3.63, 3.8) is 0 Å². The van der Waals surface area contributed by atoms with Crippen LogP contribution in [0.15, 0.2) is 45.9 Å². The van der Waals surface area contributed by atoms with E-state index in [0.717, 1.165) is 0 Å². The number of nitriles is 1. The molecule has 21 heavy (non-hydrogen) atoms. The lowest BCUT2D eigenvalue weighted by Gasteiger charge is -2.09. The number of halogens is 1. The van der Waals surface area contributed by atoms with E-state index in [9.17, 15) is 8.42 Å². The van der Waals surface area contributed by atoms with Gasteiger partial charge in [-0.3, -0.25) is 0 Å². The zero-order valence-electron chi connectivity index (χ0n) is 10.7. The van der Waals surface area contributed by atoms with E-state index in [-0.39, 0.29) is 17.2 Å². The highest BCUT2D eigenvalue weighted by molar-refractivity contribution is 9.10. The van der Waals surface area contributed by atoms with Crippen LogP contribution in [0.25, 0.3) is 0 Å².